The molecule has 7 nitrogen and oxygen atoms in total. The van der Waals surface area contributed by atoms with Crippen molar-refractivity contribution in [3.05, 3.63) is 28.5 Å². The van der Waals surface area contributed by atoms with Gasteiger partial charge in [0, 0.05) is 19.7 Å². The first-order valence-corrected chi connectivity index (χ1v) is 7.08. The SMILES string of the molecule is COCCOCC(=O)N[C@@H](Cc1cccnc1Br)C(N)=O. The van der Waals surface area contributed by atoms with E-state index in [0.717, 1.165) is 5.56 Å². The molecule has 1 atom stereocenters. The molecule has 0 saturated heterocycles. The Labute approximate surface area is 131 Å². The number of pyridine rings is 1. The molecule has 0 saturated carbocycles. The fourth-order valence-corrected chi connectivity index (χ4v) is 1.97. The first kappa shape index (κ1) is 17.5. The van der Waals surface area contributed by atoms with Crippen LogP contribution in [0.15, 0.2) is 22.9 Å². The lowest BCUT2D eigenvalue weighted by Gasteiger charge is -2.16. The molecular formula is C13H18BrN3O4. The Morgan fingerprint density at radius 2 is 2.24 bits per heavy atom. The van der Waals surface area contributed by atoms with Crippen LogP contribution in [0.4, 0.5) is 0 Å². The van der Waals surface area contributed by atoms with Crippen LogP contribution in [0.1, 0.15) is 5.56 Å². The zero-order valence-electron chi connectivity index (χ0n) is 11.7. The molecule has 0 aliphatic heterocycles. The summed E-state index contributed by atoms with van der Waals surface area (Å²) in [4.78, 5) is 27.2. The third kappa shape index (κ3) is 6.65. The molecule has 0 aliphatic rings. The third-order valence-electron chi connectivity index (χ3n) is 2.60. The number of hydrogen-bond acceptors (Lipinski definition) is 5. The van der Waals surface area contributed by atoms with Crippen molar-refractivity contribution in [3.63, 3.8) is 0 Å². The molecule has 116 valence electrons. The number of hydrogen-bond donors (Lipinski definition) is 2. The zero-order valence-corrected chi connectivity index (χ0v) is 13.3. The number of nitrogens with two attached hydrogens (primary N) is 1. The lowest BCUT2D eigenvalue weighted by molar-refractivity contribution is -0.130. The van der Waals surface area contributed by atoms with Crippen LogP contribution in [0, 0.1) is 0 Å². The van der Waals surface area contributed by atoms with Gasteiger partial charge in [0.2, 0.25) is 11.8 Å². The van der Waals surface area contributed by atoms with Crippen molar-refractivity contribution in [3.8, 4) is 0 Å². The lowest BCUT2D eigenvalue weighted by atomic mass is 10.1. The Hall–Kier alpha value is -1.51. The number of amides is 2. The predicted octanol–water partition coefficient (Wildman–Crippen LogP) is 0.0197. The predicted molar refractivity (Wildman–Crippen MR) is 79.5 cm³/mol. The zero-order chi connectivity index (χ0) is 15.7. The van der Waals surface area contributed by atoms with Crippen LogP contribution in [0.25, 0.3) is 0 Å². The van der Waals surface area contributed by atoms with E-state index in [4.69, 9.17) is 15.2 Å². The molecular weight excluding hydrogens is 342 g/mol. The van der Waals surface area contributed by atoms with Crippen LogP contribution >= 0.6 is 15.9 Å². The summed E-state index contributed by atoms with van der Waals surface area (Å²) in [5.74, 6) is -1.02. The van der Waals surface area contributed by atoms with E-state index in [-0.39, 0.29) is 13.0 Å². The molecule has 21 heavy (non-hydrogen) atoms. The van der Waals surface area contributed by atoms with Gasteiger partial charge in [-0.15, -0.1) is 0 Å². The highest BCUT2D eigenvalue weighted by molar-refractivity contribution is 9.10. The molecule has 0 aromatic carbocycles. The van der Waals surface area contributed by atoms with Crippen molar-refractivity contribution < 1.29 is 19.1 Å². The summed E-state index contributed by atoms with van der Waals surface area (Å²) in [6.45, 7) is 0.551. The number of methoxy groups -OCH3 is 1. The molecule has 1 rings (SSSR count). The van der Waals surface area contributed by atoms with Gasteiger partial charge in [-0.2, -0.15) is 0 Å². The van der Waals surface area contributed by atoms with Gasteiger partial charge in [-0.1, -0.05) is 6.07 Å². The van der Waals surface area contributed by atoms with Gasteiger partial charge in [0.1, 0.15) is 17.3 Å². The smallest absolute Gasteiger partial charge is 0.246 e. The van der Waals surface area contributed by atoms with Gasteiger partial charge >= 0.3 is 0 Å². The molecule has 8 heteroatoms. The Balaban J connectivity index is 2.52. The second kappa shape index (κ2) is 9.43. The highest BCUT2D eigenvalue weighted by Crippen LogP contribution is 2.14. The van der Waals surface area contributed by atoms with Crippen LogP contribution in [-0.4, -0.2) is 49.8 Å². The minimum atomic E-state index is -0.816. The van der Waals surface area contributed by atoms with Gasteiger partial charge in [0.05, 0.1) is 13.2 Å². The number of rotatable bonds is 9. The highest BCUT2D eigenvalue weighted by Gasteiger charge is 2.19. The van der Waals surface area contributed by atoms with Gasteiger partial charge in [-0.05, 0) is 27.6 Å². The Morgan fingerprint density at radius 1 is 1.48 bits per heavy atom. The third-order valence-corrected chi connectivity index (χ3v) is 3.32. The van der Waals surface area contributed by atoms with E-state index in [1.807, 2.05) is 0 Å². The number of halogens is 1. The normalized spacial score (nSPS) is 11.9. The van der Waals surface area contributed by atoms with Crippen molar-refractivity contribution in [1.29, 1.82) is 0 Å². The molecule has 1 aromatic rings. The standard InChI is InChI=1S/C13H18BrN3O4/c1-20-5-6-21-8-11(18)17-10(13(15)19)7-9-3-2-4-16-12(9)14/h2-4,10H,5-8H2,1H3,(H2,15,19)(H,17,18)/t10-/m0/s1. The highest BCUT2D eigenvalue weighted by atomic mass is 79.9. The second-order valence-electron chi connectivity index (χ2n) is 4.23. The topological polar surface area (TPSA) is 104 Å². The van der Waals surface area contributed by atoms with E-state index in [1.54, 1.807) is 18.3 Å². The van der Waals surface area contributed by atoms with Crippen LogP contribution < -0.4 is 11.1 Å². The maximum atomic E-state index is 11.7. The summed E-state index contributed by atoms with van der Waals surface area (Å²) >= 11 is 3.28. The molecule has 0 fully saturated rings. The fraction of sp³-hybridized carbons (Fsp3) is 0.462. The first-order chi connectivity index (χ1) is 10.0. The van der Waals surface area contributed by atoms with Crippen molar-refractivity contribution in [2.45, 2.75) is 12.5 Å². The number of aromatic nitrogens is 1. The molecule has 1 heterocycles. The van der Waals surface area contributed by atoms with E-state index in [9.17, 15) is 9.59 Å². The summed E-state index contributed by atoms with van der Waals surface area (Å²) in [6.07, 6.45) is 1.88. The molecule has 3 N–H and O–H groups in total. The van der Waals surface area contributed by atoms with Crippen molar-refractivity contribution >= 4 is 27.7 Å². The molecule has 2 amide bonds. The summed E-state index contributed by atoms with van der Waals surface area (Å²) < 4.78 is 10.5. The second-order valence-corrected chi connectivity index (χ2v) is 4.98. The Kier molecular flexibility index (Phi) is 7.88. The van der Waals surface area contributed by atoms with E-state index in [0.29, 0.717) is 17.8 Å². The molecule has 0 spiro atoms. The largest absolute Gasteiger partial charge is 0.382 e. The number of primary amides is 1. The van der Waals surface area contributed by atoms with Crippen LogP contribution in [0.3, 0.4) is 0 Å². The van der Waals surface area contributed by atoms with Crippen molar-refractivity contribution in [2.24, 2.45) is 5.73 Å². The van der Waals surface area contributed by atoms with Gasteiger partial charge in [-0.25, -0.2) is 4.98 Å². The minimum Gasteiger partial charge on any atom is -0.382 e. The van der Waals surface area contributed by atoms with Crippen LogP contribution in [0.2, 0.25) is 0 Å². The quantitative estimate of drug-likeness (QED) is 0.477. The first-order valence-electron chi connectivity index (χ1n) is 6.29. The number of ether oxygens (including phenoxy) is 2. The molecule has 1 aromatic heterocycles. The summed E-state index contributed by atoms with van der Waals surface area (Å²) in [5, 5.41) is 2.54. The van der Waals surface area contributed by atoms with Gasteiger partial charge < -0.3 is 20.5 Å². The Bertz CT molecular complexity index is 484. The van der Waals surface area contributed by atoms with Gasteiger partial charge in [0.25, 0.3) is 0 Å². The van der Waals surface area contributed by atoms with Crippen LogP contribution in [-0.2, 0) is 25.5 Å². The Morgan fingerprint density at radius 3 is 2.86 bits per heavy atom. The van der Waals surface area contributed by atoms with E-state index in [1.165, 1.54) is 7.11 Å². The monoisotopic (exact) mass is 359 g/mol. The van der Waals surface area contributed by atoms with Crippen molar-refractivity contribution in [2.75, 3.05) is 26.9 Å². The molecule has 0 bridgehead atoms. The molecule has 0 radical (unpaired) electrons. The average Bonchev–Trinajstić information content (AvgIpc) is 2.45. The van der Waals surface area contributed by atoms with Crippen molar-refractivity contribution in [1.82, 2.24) is 10.3 Å². The number of nitrogens with one attached hydrogen (secondary N) is 1. The maximum absolute atomic E-state index is 11.7. The average molecular weight is 360 g/mol. The molecule has 0 aliphatic carbocycles. The number of nitrogens with zero attached hydrogens (tertiary/aromatic N) is 1. The summed E-state index contributed by atoms with van der Waals surface area (Å²) in [6, 6.07) is 2.73. The van der Waals surface area contributed by atoms with Crippen LogP contribution in [0.5, 0.6) is 0 Å². The fourth-order valence-electron chi connectivity index (χ4n) is 1.56. The van der Waals surface area contributed by atoms with Gasteiger partial charge in [-0.3, -0.25) is 9.59 Å². The van der Waals surface area contributed by atoms with E-state index >= 15 is 0 Å². The number of carbonyl (C=O) groups is 2. The maximum Gasteiger partial charge on any atom is 0.246 e. The summed E-state index contributed by atoms with van der Waals surface area (Å²) in [7, 11) is 1.54. The van der Waals surface area contributed by atoms with E-state index in [2.05, 4.69) is 26.2 Å². The number of carbonyl (C=O) groups excluding carboxylic acids is 2. The minimum absolute atomic E-state index is 0.151. The summed E-state index contributed by atoms with van der Waals surface area (Å²) in [5.41, 5.74) is 6.09. The van der Waals surface area contributed by atoms with E-state index < -0.39 is 17.9 Å². The lowest BCUT2D eigenvalue weighted by Crippen LogP contribution is -2.47. The van der Waals surface area contributed by atoms with Gasteiger partial charge in [0.15, 0.2) is 0 Å². The molecule has 0 unspecified atom stereocenters.